The van der Waals surface area contributed by atoms with Crippen LogP contribution in [0.25, 0.3) is 11.4 Å². The fourth-order valence-electron chi connectivity index (χ4n) is 3.88. The Labute approximate surface area is 195 Å². The third-order valence-corrected chi connectivity index (χ3v) is 5.86. The first kappa shape index (κ1) is 23.0. The molecule has 10 heteroatoms. The fourth-order valence-corrected chi connectivity index (χ4v) is 4.09. The number of aromatic nitrogens is 4. The smallest absolute Gasteiger partial charge is 0.332 e. The molecule has 3 heterocycles. The maximum absolute atomic E-state index is 13.1. The standard InChI is InChI=1S/C23H26ClN5O4/c1-2-3-5-12-28-21-17(14-18(24)25-21)22(31)29(23(28)32)13-6-4-7-19-26-20(27-33-19)15-8-10-16(30)11-9-15/h8-11,30H,2-7,12-14H2,1H3. The van der Waals surface area contributed by atoms with E-state index < -0.39 is 0 Å². The summed E-state index contributed by atoms with van der Waals surface area (Å²) in [4.78, 5) is 34.6. The maximum Gasteiger partial charge on any atom is 0.332 e. The second kappa shape index (κ2) is 10.2. The van der Waals surface area contributed by atoms with Crippen molar-refractivity contribution in [1.29, 1.82) is 0 Å². The Balaban J connectivity index is 1.42. The van der Waals surface area contributed by atoms with Crippen LogP contribution in [-0.2, 0) is 25.9 Å². The molecule has 0 bridgehead atoms. The van der Waals surface area contributed by atoms with Gasteiger partial charge in [0.2, 0.25) is 11.7 Å². The molecule has 9 nitrogen and oxygen atoms in total. The number of aromatic hydroxyl groups is 1. The predicted octanol–water partition coefficient (Wildman–Crippen LogP) is 3.80. The van der Waals surface area contributed by atoms with Crippen molar-refractivity contribution in [1.82, 2.24) is 19.3 Å². The number of phenolic OH excluding ortho intramolecular Hbond substituents is 1. The molecule has 0 saturated heterocycles. The van der Waals surface area contributed by atoms with Crippen molar-refractivity contribution < 1.29 is 9.63 Å². The van der Waals surface area contributed by atoms with Crippen molar-refractivity contribution >= 4 is 22.6 Å². The van der Waals surface area contributed by atoms with E-state index in [1.54, 1.807) is 28.8 Å². The Hall–Kier alpha value is -3.20. The normalized spacial score (nSPS) is 12.7. The number of benzene rings is 1. The van der Waals surface area contributed by atoms with Gasteiger partial charge in [-0.25, -0.2) is 9.79 Å². The highest BCUT2D eigenvalue weighted by Crippen LogP contribution is 2.24. The quantitative estimate of drug-likeness (QED) is 0.449. The van der Waals surface area contributed by atoms with Crippen LogP contribution in [0, 0.1) is 0 Å². The van der Waals surface area contributed by atoms with E-state index in [-0.39, 0.29) is 23.4 Å². The molecule has 0 radical (unpaired) electrons. The lowest BCUT2D eigenvalue weighted by atomic mass is 10.2. The fraction of sp³-hybridized carbons (Fsp3) is 0.435. The molecule has 1 aliphatic heterocycles. The van der Waals surface area contributed by atoms with E-state index in [1.807, 2.05) is 0 Å². The third kappa shape index (κ3) is 5.08. The zero-order valence-electron chi connectivity index (χ0n) is 18.5. The zero-order chi connectivity index (χ0) is 23.4. The molecule has 0 spiro atoms. The lowest BCUT2D eigenvalue weighted by Gasteiger charge is -2.14. The van der Waals surface area contributed by atoms with Crippen molar-refractivity contribution in [2.45, 2.75) is 65.0 Å². The lowest BCUT2D eigenvalue weighted by Crippen LogP contribution is -2.41. The molecule has 1 aromatic carbocycles. The van der Waals surface area contributed by atoms with E-state index in [9.17, 15) is 14.7 Å². The summed E-state index contributed by atoms with van der Waals surface area (Å²) in [6.45, 7) is 2.92. The van der Waals surface area contributed by atoms with Crippen LogP contribution in [0.1, 0.15) is 50.5 Å². The number of phenols is 1. The molecule has 0 amide bonds. The first-order valence-corrected chi connectivity index (χ1v) is 11.6. The predicted molar refractivity (Wildman–Crippen MR) is 125 cm³/mol. The van der Waals surface area contributed by atoms with E-state index in [2.05, 4.69) is 22.1 Å². The molecule has 0 saturated carbocycles. The average molecular weight is 472 g/mol. The SMILES string of the molecule is CCCCCn1c2c(c(=O)n(CCCCc3nc(-c4ccc(O)cc4)no3)c1=O)CC(Cl)=N2. The summed E-state index contributed by atoms with van der Waals surface area (Å²) in [6.07, 6.45) is 4.95. The second-order valence-corrected chi connectivity index (χ2v) is 8.52. The molecular weight excluding hydrogens is 446 g/mol. The van der Waals surface area contributed by atoms with Crippen molar-refractivity contribution in [3.63, 3.8) is 0 Å². The summed E-state index contributed by atoms with van der Waals surface area (Å²) in [5.74, 6) is 1.51. The monoisotopic (exact) mass is 471 g/mol. The molecule has 1 N–H and O–H groups in total. The average Bonchev–Trinajstić information content (AvgIpc) is 3.43. The van der Waals surface area contributed by atoms with Crippen molar-refractivity contribution in [3.05, 3.63) is 56.6 Å². The summed E-state index contributed by atoms with van der Waals surface area (Å²) in [7, 11) is 0. The topological polar surface area (TPSA) is 116 Å². The van der Waals surface area contributed by atoms with Gasteiger partial charge in [0.25, 0.3) is 5.56 Å². The summed E-state index contributed by atoms with van der Waals surface area (Å²) >= 11 is 6.09. The number of nitrogens with zero attached hydrogens (tertiary/aromatic N) is 5. The summed E-state index contributed by atoms with van der Waals surface area (Å²) in [6, 6.07) is 6.55. The van der Waals surface area contributed by atoms with Crippen molar-refractivity contribution in [2.75, 3.05) is 0 Å². The number of rotatable bonds is 10. The first-order valence-electron chi connectivity index (χ1n) is 11.2. The summed E-state index contributed by atoms with van der Waals surface area (Å²) < 4.78 is 8.19. The van der Waals surface area contributed by atoms with Crippen molar-refractivity contribution in [2.24, 2.45) is 4.99 Å². The summed E-state index contributed by atoms with van der Waals surface area (Å²) in [5, 5.41) is 13.7. The van der Waals surface area contributed by atoms with Gasteiger partial charge in [0.05, 0.1) is 5.56 Å². The van der Waals surface area contributed by atoms with Gasteiger partial charge in [-0.05, 0) is 43.5 Å². The number of hydrogen-bond acceptors (Lipinski definition) is 7. The minimum atomic E-state index is -0.336. The second-order valence-electron chi connectivity index (χ2n) is 8.08. The Morgan fingerprint density at radius 1 is 1.06 bits per heavy atom. The van der Waals surface area contributed by atoms with Crippen LogP contribution in [0.2, 0.25) is 0 Å². The molecule has 0 aliphatic carbocycles. The Morgan fingerprint density at radius 3 is 2.55 bits per heavy atom. The van der Waals surface area contributed by atoms with Crippen molar-refractivity contribution in [3.8, 4) is 17.1 Å². The molecule has 4 rings (SSSR count). The Kier molecular flexibility index (Phi) is 7.08. The lowest BCUT2D eigenvalue weighted by molar-refractivity contribution is 0.372. The van der Waals surface area contributed by atoms with Crippen LogP contribution < -0.4 is 11.2 Å². The van der Waals surface area contributed by atoms with Gasteiger partial charge in [-0.3, -0.25) is 13.9 Å². The molecule has 0 unspecified atom stereocenters. The Morgan fingerprint density at radius 2 is 1.79 bits per heavy atom. The van der Waals surface area contributed by atoms with Gasteiger partial charge in [0.15, 0.2) is 0 Å². The molecule has 0 atom stereocenters. The van der Waals surface area contributed by atoms with Gasteiger partial charge < -0.3 is 9.63 Å². The Bertz CT molecular complexity index is 1270. The van der Waals surface area contributed by atoms with Crippen LogP contribution in [0.4, 0.5) is 5.82 Å². The van der Waals surface area contributed by atoms with E-state index in [0.29, 0.717) is 60.6 Å². The van der Waals surface area contributed by atoms with Gasteiger partial charge in [0, 0.05) is 31.5 Å². The summed E-state index contributed by atoms with van der Waals surface area (Å²) in [5.41, 5.74) is 0.592. The molecule has 0 fully saturated rings. The molecule has 33 heavy (non-hydrogen) atoms. The van der Waals surface area contributed by atoms with Gasteiger partial charge in [-0.15, -0.1) is 0 Å². The molecular formula is C23H26ClN5O4. The number of aryl methyl sites for hydroxylation is 1. The van der Waals surface area contributed by atoms with E-state index >= 15 is 0 Å². The molecule has 174 valence electrons. The number of fused-ring (bicyclic) bond motifs is 1. The number of halogens is 1. The molecule has 2 aromatic heterocycles. The largest absolute Gasteiger partial charge is 0.508 e. The van der Waals surface area contributed by atoms with Gasteiger partial charge in [-0.1, -0.05) is 36.5 Å². The number of hydrogen-bond donors (Lipinski definition) is 1. The highest BCUT2D eigenvalue weighted by molar-refractivity contribution is 6.66. The highest BCUT2D eigenvalue weighted by atomic mass is 35.5. The van der Waals surface area contributed by atoms with E-state index in [4.69, 9.17) is 16.1 Å². The molecule has 1 aliphatic rings. The number of aliphatic imine (C=N–C) groups is 1. The zero-order valence-corrected chi connectivity index (χ0v) is 19.2. The van der Waals surface area contributed by atoms with Crippen LogP contribution in [-0.4, -0.2) is 29.6 Å². The van der Waals surface area contributed by atoms with E-state index in [1.165, 1.54) is 4.57 Å². The van der Waals surface area contributed by atoms with Gasteiger partial charge in [-0.2, -0.15) is 4.98 Å². The van der Waals surface area contributed by atoms with Crippen LogP contribution >= 0.6 is 11.6 Å². The maximum atomic E-state index is 13.1. The third-order valence-electron chi connectivity index (χ3n) is 5.64. The first-order chi connectivity index (χ1) is 16.0. The van der Waals surface area contributed by atoms with Crippen LogP contribution in [0.5, 0.6) is 5.75 Å². The number of unbranched alkanes of at least 4 members (excludes halogenated alkanes) is 3. The highest BCUT2D eigenvalue weighted by Gasteiger charge is 2.24. The minimum Gasteiger partial charge on any atom is -0.508 e. The van der Waals surface area contributed by atoms with Crippen LogP contribution in [0.3, 0.4) is 0 Å². The van der Waals surface area contributed by atoms with E-state index in [0.717, 1.165) is 24.8 Å². The minimum absolute atomic E-state index is 0.169. The van der Waals surface area contributed by atoms with Crippen LogP contribution in [0.15, 0.2) is 43.4 Å². The molecule has 3 aromatic rings. The van der Waals surface area contributed by atoms with Gasteiger partial charge in [0.1, 0.15) is 16.7 Å². The van der Waals surface area contributed by atoms with Gasteiger partial charge >= 0.3 is 5.69 Å².